The lowest BCUT2D eigenvalue weighted by Gasteiger charge is -2.30. The van der Waals surface area contributed by atoms with E-state index in [0.717, 1.165) is 24.8 Å². The number of hydrogen-bond acceptors (Lipinski definition) is 8. The summed E-state index contributed by atoms with van der Waals surface area (Å²) in [5.74, 6) is -0.626. The first-order chi connectivity index (χ1) is 18.5. The van der Waals surface area contributed by atoms with Crippen molar-refractivity contribution in [2.24, 2.45) is 5.92 Å². The van der Waals surface area contributed by atoms with E-state index in [1.54, 1.807) is 18.2 Å². The van der Waals surface area contributed by atoms with Crippen LogP contribution < -0.4 is 10.6 Å². The van der Waals surface area contributed by atoms with E-state index in [9.17, 15) is 14.4 Å². The number of allylic oxidation sites excluding steroid dienone is 1. The number of rotatable bonds is 10. The maximum absolute atomic E-state index is 13.1. The van der Waals surface area contributed by atoms with Gasteiger partial charge in [0.25, 0.3) is 0 Å². The molecule has 1 saturated carbocycles. The Bertz CT molecular complexity index is 1100. The van der Waals surface area contributed by atoms with Gasteiger partial charge in [-0.05, 0) is 49.0 Å². The van der Waals surface area contributed by atoms with Crippen molar-refractivity contribution in [3.63, 3.8) is 0 Å². The highest BCUT2D eigenvalue weighted by atomic mass is 16.7. The number of ether oxygens (including phenoxy) is 4. The van der Waals surface area contributed by atoms with E-state index in [0.29, 0.717) is 29.3 Å². The van der Waals surface area contributed by atoms with Gasteiger partial charge in [-0.25, -0.2) is 4.79 Å². The Morgan fingerprint density at radius 2 is 2.00 bits per heavy atom. The van der Waals surface area contributed by atoms with E-state index < -0.39 is 24.3 Å². The standard InChI is InChI=1S/C28H34N2O8/c31-11-10-29-25(32)8-9-30-27(33)20-14-23-26(36-16-35-23)24(15-20)38-28(34)19-3-1-2-17(12-19)4-5-18-6-7-21-22(13-18)37-21/h1-5,12,14,18,21-24,26,31H,6-11,13,15-16H2,(H,29,32)(H,30,33). The average molecular weight is 527 g/mol. The molecule has 0 spiro atoms. The molecular formula is C28H34N2O8. The topological polar surface area (TPSA) is 136 Å². The van der Waals surface area contributed by atoms with Gasteiger partial charge in [0.1, 0.15) is 25.1 Å². The predicted molar refractivity (Wildman–Crippen MR) is 136 cm³/mol. The Morgan fingerprint density at radius 1 is 1.11 bits per heavy atom. The van der Waals surface area contributed by atoms with Crippen LogP contribution in [0.2, 0.25) is 0 Å². The third-order valence-corrected chi connectivity index (χ3v) is 7.35. The van der Waals surface area contributed by atoms with Crippen molar-refractivity contribution >= 4 is 23.9 Å². The minimum Gasteiger partial charge on any atom is -0.456 e. The van der Waals surface area contributed by atoms with Crippen LogP contribution >= 0.6 is 0 Å². The fourth-order valence-corrected chi connectivity index (χ4v) is 5.24. The van der Waals surface area contributed by atoms with E-state index >= 15 is 0 Å². The second-order valence-electron chi connectivity index (χ2n) is 10.1. The van der Waals surface area contributed by atoms with Crippen molar-refractivity contribution in [1.82, 2.24) is 10.6 Å². The molecule has 1 aromatic carbocycles. The Balaban J connectivity index is 1.17. The number of carbonyl (C=O) groups excluding carboxylic acids is 3. The van der Waals surface area contributed by atoms with Crippen molar-refractivity contribution < 1.29 is 38.4 Å². The van der Waals surface area contributed by atoms with Crippen LogP contribution in [0.4, 0.5) is 0 Å². The lowest BCUT2D eigenvalue weighted by Crippen LogP contribution is -2.43. The number of esters is 1. The molecule has 2 amide bonds. The molecule has 10 heteroatoms. The van der Waals surface area contributed by atoms with Crippen LogP contribution in [0.3, 0.4) is 0 Å². The fourth-order valence-electron chi connectivity index (χ4n) is 5.24. The zero-order chi connectivity index (χ0) is 26.5. The quantitative estimate of drug-likeness (QED) is 0.308. The second-order valence-corrected chi connectivity index (χ2v) is 10.1. The van der Waals surface area contributed by atoms with Crippen molar-refractivity contribution in [3.05, 3.63) is 53.1 Å². The molecule has 1 aromatic rings. The van der Waals surface area contributed by atoms with Crippen molar-refractivity contribution in [1.29, 1.82) is 0 Å². The molecule has 0 aromatic heterocycles. The molecule has 38 heavy (non-hydrogen) atoms. The Hall–Kier alpha value is -3.05. The summed E-state index contributed by atoms with van der Waals surface area (Å²) in [7, 11) is 0. The van der Waals surface area contributed by atoms with Gasteiger partial charge >= 0.3 is 5.97 Å². The molecule has 10 nitrogen and oxygen atoms in total. The van der Waals surface area contributed by atoms with E-state index in [2.05, 4.69) is 16.7 Å². The summed E-state index contributed by atoms with van der Waals surface area (Å²) in [6.07, 6.45) is 8.65. The summed E-state index contributed by atoms with van der Waals surface area (Å²) in [6, 6.07) is 7.29. The molecule has 0 bridgehead atoms. The number of fused-ring (bicyclic) bond motifs is 2. The molecule has 2 heterocycles. The number of aliphatic hydroxyl groups is 1. The molecule has 3 fully saturated rings. The van der Waals surface area contributed by atoms with Gasteiger partial charge in [-0.15, -0.1) is 0 Å². The monoisotopic (exact) mass is 526 g/mol. The van der Waals surface area contributed by atoms with Crippen LogP contribution in [-0.2, 0) is 28.5 Å². The third-order valence-electron chi connectivity index (χ3n) is 7.35. The number of aliphatic hydroxyl groups excluding tert-OH is 1. The maximum atomic E-state index is 13.1. The molecule has 3 N–H and O–H groups in total. The molecule has 4 aliphatic rings. The fraction of sp³-hybridized carbons (Fsp3) is 0.536. The van der Waals surface area contributed by atoms with Crippen LogP contribution in [-0.4, -0.2) is 79.9 Å². The van der Waals surface area contributed by atoms with Crippen LogP contribution in [0.1, 0.15) is 48.0 Å². The van der Waals surface area contributed by atoms with Gasteiger partial charge in [0.2, 0.25) is 11.8 Å². The van der Waals surface area contributed by atoms with Gasteiger partial charge in [0.15, 0.2) is 0 Å². The van der Waals surface area contributed by atoms with Crippen LogP contribution in [0.5, 0.6) is 0 Å². The molecule has 6 unspecified atom stereocenters. The van der Waals surface area contributed by atoms with E-state index in [4.69, 9.17) is 24.1 Å². The zero-order valence-corrected chi connectivity index (χ0v) is 21.2. The summed E-state index contributed by atoms with van der Waals surface area (Å²) in [5.41, 5.74) is 1.76. The first kappa shape index (κ1) is 26.6. The lowest BCUT2D eigenvalue weighted by atomic mass is 9.88. The van der Waals surface area contributed by atoms with Crippen molar-refractivity contribution in [2.45, 2.75) is 62.6 Å². The minimum absolute atomic E-state index is 0.0495. The highest BCUT2D eigenvalue weighted by Crippen LogP contribution is 2.40. The van der Waals surface area contributed by atoms with Gasteiger partial charge in [-0.2, -0.15) is 0 Å². The third kappa shape index (κ3) is 6.68. The molecule has 204 valence electrons. The van der Waals surface area contributed by atoms with Gasteiger partial charge in [0, 0.05) is 31.5 Å². The average Bonchev–Trinajstić information content (AvgIpc) is 3.55. The molecule has 2 aliphatic heterocycles. The molecule has 6 atom stereocenters. The van der Waals surface area contributed by atoms with Gasteiger partial charge in [0.05, 0.1) is 24.4 Å². The number of nitrogens with one attached hydrogen (secondary N) is 2. The lowest BCUT2D eigenvalue weighted by molar-refractivity contribution is -0.121. The summed E-state index contributed by atoms with van der Waals surface area (Å²) in [4.78, 5) is 37.5. The molecular weight excluding hydrogens is 492 g/mol. The van der Waals surface area contributed by atoms with Crippen molar-refractivity contribution in [2.75, 3.05) is 26.5 Å². The Kier molecular flexibility index (Phi) is 8.53. The normalized spacial score (nSPS) is 29.7. The first-order valence-electron chi connectivity index (χ1n) is 13.2. The summed E-state index contributed by atoms with van der Waals surface area (Å²) in [5, 5.41) is 14.0. The highest BCUT2D eigenvalue weighted by Gasteiger charge is 2.43. The Morgan fingerprint density at radius 3 is 2.84 bits per heavy atom. The maximum Gasteiger partial charge on any atom is 0.338 e. The molecule has 2 saturated heterocycles. The summed E-state index contributed by atoms with van der Waals surface area (Å²) < 4.78 is 22.7. The van der Waals surface area contributed by atoms with E-state index in [1.165, 1.54) is 0 Å². The second kappa shape index (κ2) is 12.2. The molecule has 0 radical (unpaired) electrons. The number of hydrogen-bond donors (Lipinski definition) is 3. The summed E-state index contributed by atoms with van der Waals surface area (Å²) >= 11 is 0. The first-order valence-corrected chi connectivity index (χ1v) is 13.2. The van der Waals surface area contributed by atoms with Gasteiger partial charge < -0.3 is 34.7 Å². The van der Waals surface area contributed by atoms with E-state index in [-0.39, 0.29) is 51.1 Å². The van der Waals surface area contributed by atoms with E-state index in [1.807, 2.05) is 18.2 Å². The Labute approximate surface area is 221 Å². The zero-order valence-electron chi connectivity index (χ0n) is 21.2. The SMILES string of the molecule is O=C(CCNC(=O)C1=CC2OCOC2C(OC(=O)c2cccc(C=CC3CCC4OC4C3)c2)C1)NCCO. The van der Waals surface area contributed by atoms with Crippen LogP contribution in [0, 0.1) is 5.92 Å². The number of carbonyl (C=O) groups is 3. The van der Waals surface area contributed by atoms with Gasteiger partial charge in [-0.3, -0.25) is 9.59 Å². The van der Waals surface area contributed by atoms with Crippen LogP contribution in [0.25, 0.3) is 6.08 Å². The number of benzene rings is 1. The van der Waals surface area contributed by atoms with Crippen LogP contribution in [0.15, 0.2) is 42.0 Å². The molecule has 2 aliphatic carbocycles. The van der Waals surface area contributed by atoms with Crippen molar-refractivity contribution in [3.8, 4) is 0 Å². The minimum atomic E-state index is -0.693. The smallest absolute Gasteiger partial charge is 0.338 e. The predicted octanol–water partition coefficient (Wildman–Crippen LogP) is 1.48. The number of epoxide rings is 1. The molecule has 5 rings (SSSR count). The largest absolute Gasteiger partial charge is 0.456 e. The number of amides is 2. The van der Waals surface area contributed by atoms with Gasteiger partial charge in [-0.1, -0.05) is 24.3 Å². The highest BCUT2D eigenvalue weighted by molar-refractivity contribution is 5.94. The summed E-state index contributed by atoms with van der Waals surface area (Å²) in [6.45, 7) is 0.210.